The lowest BCUT2D eigenvalue weighted by molar-refractivity contribution is 0.627. The van der Waals surface area contributed by atoms with Crippen LogP contribution in [0.1, 0.15) is 24.1 Å². The predicted octanol–water partition coefficient (Wildman–Crippen LogP) is 4.72. The third-order valence-corrected chi connectivity index (χ3v) is 3.35. The zero-order chi connectivity index (χ0) is 14.5. The van der Waals surface area contributed by atoms with Crippen molar-refractivity contribution >= 4 is 17.3 Å². The van der Waals surface area contributed by atoms with E-state index in [1.54, 1.807) is 12.1 Å². The predicted molar refractivity (Wildman–Crippen MR) is 79.2 cm³/mol. The van der Waals surface area contributed by atoms with Gasteiger partial charge in [-0.15, -0.1) is 0 Å². The summed E-state index contributed by atoms with van der Waals surface area (Å²) in [6, 6.07) is 14.5. The van der Waals surface area contributed by atoms with E-state index in [-0.39, 0.29) is 11.1 Å². The van der Waals surface area contributed by atoms with Gasteiger partial charge in [-0.2, -0.15) is 5.26 Å². The van der Waals surface area contributed by atoms with Crippen LogP contribution in [-0.2, 0) is 6.42 Å². The average Bonchev–Trinajstić information content (AvgIpc) is 2.44. The van der Waals surface area contributed by atoms with E-state index in [9.17, 15) is 4.39 Å². The molecule has 1 N–H and O–H groups in total. The summed E-state index contributed by atoms with van der Waals surface area (Å²) < 4.78 is 13.1. The fraction of sp³-hybridized carbons (Fsp3) is 0.188. The van der Waals surface area contributed by atoms with E-state index in [0.29, 0.717) is 6.42 Å². The van der Waals surface area contributed by atoms with E-state index >= 15 is 0 Å². The minimum atomic E-state index is -0.413. The molecule has 2 rings (SSSR count). The van der Waals surface area contributed by atoms with Crippen molar-refractivity contribution in [2.24, 2.45) is 0 Å². The van der Waals surface area contributed by atoms with Crippen LogP contribution in [0.15, 0.2) is 42.5 Å². The number of nitriles is 1. The lowest BCUT2D eigenvalue weighted by atomic mass is 10.1. The number of benzene rings is 2. The van der Waals surface area contributed by atoms with Crippen LogP contribution in [0, 0.1) is 17.1 Å². The molecule has 0 aliphatic carbocycles. The first-order valence-electron chi connectivity index (χ1n) is 6.27. The van der Waals surface area contributed by atoms with Gasteiger partial charge in [0.1, 0.15) is 5.82 Å². The van der Waals surface area contributed by atoms with Gasteiger partial charge in [-0.05, 0) is 42.3 Å². The molecular weight excluding hydrogens is 275 g/mol. The fourth-order valence-corrected chi connectivity index (χ4v) is 2.11. The molecule has 1 unspecified atom stereocenters. The molecule has 0 bridgehead atoms. The number of rotatable bonds is 4. The number of hydrogen-bond donors (Lipinski definition) is 1. The first kappa shape index (κ1) is 14.4. The molecule has 20 heavy (non-hydrogen) atoms. The summed E-state index contributed by atoms with van der Waals surface area (Å²) in [7, 11) is 0. The minimum absolute atomic E-state index is 0.00918. The maximum Gasteiger partial charge on any atom is 0.141 e. The highest BCUT2D eigenvalue weighted by Gasteiger charge is 2.08. The van der Waals surface area contributed by atoms with Gasteiger partial charge in [0, 0.05) is 11.7 Å². The number of hydrogen-bond acceptors (Lipinski definition) is 2. The van der Waals surface area contributed by atoms with E-state index in [0.717, 1.165) is 16.8 Å². The van der Waals surface area contributed by atoms with E-state index in [2.05, 4.69) is 11.4 Å². The van der Waals surface area contributed by atoms with Crippen molar-refractivity contribution < 1.29 is 4.39 Å². The summed E-state index contributed by atoms with van der Waals surface area (Å²) in [5, 5.41) is 12.1. The first-order chi connectivity index (χ1) is 9.60. The molecular formula is C16H14ClFN2. The van der Waals surface area contributed by atoms with Gasteiger partial charge in [-0.3, -0.25) is 0 Å². The van der Waals surface area contributed by atoms with E-state index < -0.39 is 5.82 Å². The Morgan fingerprint density at radius 1 is 1.25 bits per heavy atom. The second-order valence-corrected chi connectivity index (χ2v) is 4.98. The van der Waals surface area contributed by atoms with Crippen molar-refractivity contribution in [3.63, 3.8) is 0 Å². The second-order valence-electron chi connectivity index (χ2n) is 4.57. The maximum absolute atomic E-state index is 13.1. The summed E-state index contributed by atoms with van der Waals surface area (Å²) in [6.45, 7) is 1.98. The van der Waals surface area contributed by atoms with Crippen molar-refractivity contribution in [2.45, 2.75) is 19.4 Å². The lowest BCUT2D eigenvalue weighted by Gasteiger charge is -2.16. The molecule has 1 atom stereocenters. The van der Waals surface area contributed by atoms with Gasteiger partial charge in [0.15, 0.2) is 0 Å². The molecule has 0 radical (unpaired) electrons. The molecule has 0 amide bonds. The summed E-state index contributed by atoms with van der Waals surface area (Å²) in [5.74, 6) is -0.413. The highest BCUT2D eigenvalue weighted by molar-refractivity contribution is 6.30. The second kappa shape index (κ2) is 6.40. The molecule has 0 saturated heterocycles. The normalized spacial score (nSPS) is 11.7. The van der Waals surface area contributed by atoms with Gasteiger partial charge < -0.3 is 5.32 Å². The summed E-state index contributed by atoms with van der Waals surface area (Å²) in [5.41, 5.74) is 2.84. The zero-order valence-electron chi connectivity index (χ0n) is 11.0. The Kier molecular flexibility index (Phi) is 4.60. The van der Waals surface area contributed by atoms with Crippen LogP contribution < -0.4 is 5.32 Å². The molecule has 0 aliphatic heterocycles. The van der Waals surface area contributed by atoms with Crippen LogP contribution in [0.4, 0.5) is 10.1 Å². The first-order valence-corrected chi connectivity index (χ1v) is 6.65. The topological polar surface area (TPSA) is 35.8 Å². The van der Waals surface area contributed by atoms with Crippen molar-refractivity contribution in [2.75, 3.05) is 5.32 Å². The lowest BCUT2D eigenvalue weighted by Crippen LogP contribution is -2.06. The molecule has 2 aromatic carbocycles. The Balaban J connectivity index is 2.08. The molecule has 4 heteroatoms. The number of halogens is 2. The molecule has 2 nitrogen and oxygen atoms in total. The van der Waals surface area contributed by atoms with Crippen molar-refractivity contribution in [3.05, 3.63) is 64.4 Å². The minimum Gasteiger partial charge on any atom is -0.379 e. The van der Waals surface area contributed by atoms with Crippen molar-refractivity contribution in [3.8, 4) is 6.07 Å². The molecule has 102 valence electrons. The van der Waals surface area contributed by atoms with Crippen LogP contribution in [0.2, 0.25) is 5.02 Å². The third kappa shape index (κ3) is 3.49. The molecule has 2 aromatic rings. The molecule has 0 aromatic heterocycles. The molecule has 0 fully saturated rings. The monoisotopic (exact) mass is 288 g/mol. The van der Waals surface area contributed by atoms with E-state index in [4.69, 9.17) is 16.9 Å². The maximum atomic E-state index is 13.1. The summed E-state index contributed by atoms with van der Waals surface area (Å²) >= 11 is 5.78. The van der Waals surface area contributed by atoms with Gasteiger partial charge in [0.05, 0.1) is 17.5 Å². The van der Waals surface area contributed by atoms with Crippen molar-refractivity contribution in [1.29, 1.82) is 5.26 Å². The number of nitrogens with zero attached hydrogens (tertiary/aromatic N) is 1. The Hall–Kier alpha value is -2.05. The van der Waals surface area contributed by atoms with E-state index in [1.807, 2.05) is 31.2 Å². The fourth-order valence-electron chi connectivity index (χ4n) is 1.93. The quantitative estimate of drug-likeness (QED) is 0.884. The van der Waals surface area contributed by atoms with Crippen LogP contribution >= 0.6 is 11.6 Å². The average molecular weight is 289 g/mol. The molecule has 0 heterocycles. The Morgan fingerprint density at radius 3 is 2.55 bits per heavy atom. The Bertz CT molecular complexity index is 632. The Morgan fingerprint density at radius 2 is 1.95 bits per heavy atom. The van der Waals surface area contributed by atoms with Gasteiger partial charge in [-0.1, -0.05) is 29.8 Å². The highest BCUT2D eigenvalue weighted by atomic mass is 35.5. The molecule has 0 aliphatic rings. The van der Waals surface area contributed by atoms with Gasteiger partial charge >= 0.3 is 0 Å². The SMILES string of the molecule is CC(Nc1ccc(CC#N)cc1)c1ccc(F)c(Cl)c1. The molecule has 0 spiro atoms. The molecule has 0 saturated carbocycles. The van der Waals surface area contributed by atoms with Gasteiger partial charge in [-0.25, -0.2) is 4.39 Å². The number of nitrogens with one attached hydrogen (secondary N) is 1. The third-order valence-electron chi connectivity index (χ3n) is 3.06. The smallest absolute Gasteiger partial charge is 0.141 e. The Labute approximate surface area is 122 Å². The highest BCUT2D eigenvalue weighted by Crippen LogP contribution is 2.24. The van der Waals surface area contributed by atoms with Crippen LogP contribution in [-0.4, -0.2) is 0 Å². The van der Waals surface area contributed by atoms with Gasteiger partial charge in [0.25, 0.3) is 0 Å². The van der Waals surface area contributed by atoms with E-state index in [1.165, 1.54) is 6.07 Å². The largest absolute Gasteiger partial charge is 0.379 e. The summed E-state index contributed by atoms with van der Waals surface area (Å²) in [6.07, 6.45) is 0.406. The summed E-state index contributed by atoms with van der Waals surface area (Å²) in [4.78, 5) is 0. The van der Waals surface area contributed by atoms with Crippen LogP contribution in [0.5, 0.6) is 0 Å². The zero-order valence-corrected chi connectivity index (χ0v) is 11.8. The van der Waals surface area contributed by atoms with Crippen molar-refractivity contribution in [1.82, 2.24) is 0 Å². The van der Waals surface area contributed by atoms with Gasteiger partial charge in [0.2, 0.25) is 0 Å². The van der Waals surface area contributed by atoms with Crippen LogP contribution in [0.25, 0.3) is 0 Å². The number of anilines is 1. The van der Waals surface area contributed by atoms with Crippen LogP contribution in [0.3, 0.4) is 0 Å². The standard InChI is InChI=1S/C16H14ClFN2/c1-11(13-4-7-16(18)15(17)10-13)20-14-5-2-12(3-6-14)8-9-19/h2-7,10-11,20H,8H2,1H3.